The molecular weight excluding hydrogens is 206 g/mol. The molecule has 0 fully saturated rings. The second kappa shape index (κ2) is 5.71. The van der Waals surface area contributed by atoms with Gasteiger partial charge in [-0.2, -0.15) is 5.26 Å². The van der Waals surface area contributed by atoms with Gasteiger partial charge in [0.15, 0.2) is 0 Å². The summed E-state index contributed by atoms with van der Waals surface area (Å²) >= 11 is 0. The summed E-state index contributed by atoms with van der Waals surface area (Å²) in [5.74, 6) is 0.199. The lowest BCUT2D eigenvalue weighted by molar-refractivity contribution is -0.137. The third kappa shape index (κ3) is 2.95. The van der Waals surface area contributed by atoms with E-state index in [9.17, 15) is 4.79 Å². The SMILES string of the molecule is CCOC(=O)C(C#N)=Cc1cnc(CC)[nH]1. The van der Waals surface area contributed by atoms with E-state index in [0.717, 1.165) is 12.2 Å². The Labute approximate surface area is 93.8 Å². The number of hydrogen-bond acceptors (Lipinski definition) is 4. The molecule has 1 heterocycles. The number of aromatic nitrogens is 2. The van der Waals surface area contributed by atoms with E-state index in [4.69, 9.17) is 10.00 Å². The molecule has 0 amide bonds. The molecule has 0 bridgehead atoms. The molecule has 0 aliphatic carbocycles. The molecule has 5 nitrogen and oxygen atoms in total. The van der Waals surface area contributed by atoms with Gasteiger partial charge in [0.25, 0.3) is 0 Å². The number of aryl methyl sites for hydroxylation is 1. The summed E-state index contributed by atoms with van der Waals surface area (Å²) in [6.07, 6.45) is 3.79. The summed E-state index contributed by atoms with van der Waals surface area (Å²) < 4.78 is 4.74. The number of H-pyrrole nitrogens is 1. The Morgan fingerprint density at radius 3 is 2.94 bits per heavy atom. The minimum Gasteiger partial charge on any atom is -0.462 e. The second-order valence-electron chi connectivity index (χ2n) is 3.03. The Morgan fingerprint density at radius 2 is 2.44 bits per heavy atom. The van der Waals surface area contributed by atoms with Crippen LogP contribution < -0.4 is 0 Å². The fourth-order valence-corrected chi connectivity index (χ4v) is 1.13. The van der Waals surface area contributed by atoms with Gasteiger partial charge in [0.05, 0.1) is 18.5 Å². The lowest BCUT2D eigenvalue weighted by Gasteiger charge is -1.98. The lowest BCUT2D eigenvalue weighted by atomic mass is 10.2. The van der Waals surface area contributed by atoms with Gasteiger partial charge in [-0.05, 0) is 13.0 Å². The highest BCUT2D eigenvalue weighted by atomic mass is 16.5. The van der Waals surface area contributed by atoms with Gasteiger partial charge < -0.3 is 9.72 Å². The Bertz CT molecular complexity index is 440. The Kier molecular flexibility index (Phi) is 4.28. The van der Waals surface area contributed by atoms with E-state index < -0.39 is 5.97 Å². The molecule has 0 saturated heterocycles. The van der Waals surface area contributed by atoms with Gasteiger partial charge in [-0.25, -0.2) is 9.78 Å². The van der Waals surface area contributed by atoms with Crippen LogP contribution in [0.3, 0.4) is 0 Å². The van der Waals surface area contributed by atoms with Crippen molar-refractivity contribution in [2.75, 3.05) is 6.61 Å². The molecule has 1 rings (SSSR count). The number of rotatable bonds is 4. The molecule has 0 saturated carbocycles. The highest BCUT2D eigenvalue weighted by molar-refractivity contribution is 5.97. The molecule has 0 aliphatic rings. The van der Waals surface area contributed by atoms with Crippen LogP contribution in [0.2, 0.25) is 0 Å². The first-order valence-electron chi connectivity index (χ1n) is 5.04. The highest BCUT2D eigenvalue weighted by Crippen LogP contribution is 2.06. The van der Waals surface area contributed by atoms with Crippen molar-refractivity contribution in [3.8, 4) is 6.07 Å². The summed E-state index contributed by atoms with van der Waals surface area (Å²) in [5, 5.41) is 8.79. The number of aromatic amines is 1. The Balaban J connectivity index is 2.88. The number of carbonyl (C=O) groups is 1. The van der Waals surface area contributed by atoms with Crippen molar-refractivity contribution in [2.24, 2.45) is 0 Å². The van der Waals surface area contributed by atoms with Crippen LogP contribution in [0.15, 0.2) is 11.8 Å². The van der Waals surface area contributed by atoms with E-state index >= 15 is 0 Å². The largest absolute Gasteiger partial charge is 0.462 e. The number of carbonyl (C=O) groups excluding carboxylic acids is 1. The maximum absolute atomic E-state index is 11.3. The topological polar surface area (TPSA) is 78.8 Å². The fraction of sp³-hybridized carbons (Fsp3) is 0.364. The van der Waals surface area contributed by atoms with Gasteiger partial charge in [-0.3, -0.25) is 0 Å². The van der Waals surface area contributed by atoms with Crippen molar-refractivity contribution in [1.82, 2.24) is 9.97 Å². The maximum Gasteiger partial charge on any atom is 0.348 e. The van der Waals surface area contributed by atoms with Crippen molar-refractivity contribution < 1.29 is 9.53 Å². The summed E-state index contributed by atoms with van der Waals surface area (Å²) in [6, 6.07) is 1.80. The molecule has 1 aromatic heterocycles. The van der Waals surface area contributed by atoms with Crippen LogP contribution in [0.4, 0.5) is 0 Å². The number of esters is 1. The zero-order chi connectivity index (χ0) is 12.0. The number of imidazole rings is 1. The van der Waals surface area contributed by atoms with Gasteiger partial charge in [0.1, 0.15) is 17.5 Å². The van der Waals surface area contributed by atoms with Crippen molar-refractivity contribution >= 4 is 12.0 Å². The zero-order valence-electron chi connectivity index (χ0n) is 9.28. The molecule has 84 valence electrons. The molecule has 0 aliphatic heterocycles. The predicted molar refractivity (Wildman–Crippen MR) is 58.2 cm³/mol. The Morgan fingerprint density at radius 1 is 1.69 bits per heavy atom. The maximum atomic E-state index is 11.3. The summed E-state index contributed by atoms with van der Waals surface area (Å²) in [4.78, 5) is 18.4. The van der Waals surface area contributed by atoms with E-state index in [1.165, 1.54) is 6.08 Å². The first kappa shape index (κ1) is 12.0. The smallest absolute Gasteiger partial charge is 0.348 e. The predicted octanol–water partition coefficient (Wildman–Crippen LogP) is 1.44. The van der Waals surface area contributed by atoms with E-state index in [2.05, 4.69) is 9.97 Å². The summed E-state index contributed by atoms with van der Waals surface area (Å²) in [5.41, 5.74) is 0.592. The quantitative estimate of drug-likeness (QED) is 0.472. The minimum atomic E-state index is -0.613. The van der Waals surface area contributed by atoms with Crippen molar-refractivity contribution in [2.45, 2.75) is 20.3 Å². The molecule has 0 spiro atoms. The van der Waals surface area contributed by atoms with Crippen LogP contribution in [-0.2, 0) is 16.0 Å². The number of ether oxygens (including phenoxy) is 1. The number of hydrogen-bond donors (Lipinski definition) is 1. The average molecular weight is 219 g/mol. The average Bonchev–Trinajstić information content (AvgIpc) is 2.73. The van der Waals surface area contributed by atoms with Gasteiger partial charge in [-0.15, -0.1) is 0 Å². The number of nitriles is 1. The van der Waals surface area contributed by atoms with Crippen LogP contribution in [-0.4, -0.2) is 22.5 Å². The summed E-state index contributed by atoms with van der Waals surface area (Å²) in [7, 11) is 0. The molecule has 16 heavy (non-hydrogen) atoms. The molecule has 1 aromatic rings. The van der Waals surface area contributed by atoms with Gasteiger partial charge >= 0.3 is 5.97 Å². The molecule has 0 radical (unpaired) electrons. The van der Waals surface area contributed by atoms with Crippen molar-refractivity contribution in [3.05, 3.63) is 23.3 Å². The van der Waals surface area contributed by atoms with Crippen LogP contribution in [0.1, 0.15) is 25.4 Å². The Hall–Kier alpha value is -2.09. The third-order valence-corrected chi connectivity index (χ3v) is 1.90. The highest BCUT2D eigenvalue weighted by Gasteiger charge is 2.10. The van der Waals surface area contributed by atoms with Crippen molar-refractivity contribution in [3.63, 3.8) is 0 Å². The van der Waals surface area contributed by atoms with Gasteiger partial charge in [0.2, 0.25) is 0 Å². The van der Waals surface area contributed by atoms with E-state index in [1.807, 2.05) is 6.92 Å². The second-order valence-corrected chi connectivity index (χ2v) is 3.03. The molecule has 0 unspecified atom stereocenters. The lowest BCUT2D eigenvalue weighted by Crippen LogP contribution is -2.06. The van der Waals surface area contributed by atoms with Crippen LogP contribution in [0.25, 0.3) is 6.08 Å². The van der Waals surface area contributed by atoms with E-state index in [-0.39, 0.29) is 12.2 Å². The van der Waals surface area contributed by atoms with E-state index in [0.29, 0.717) is 5.69 Å². The molecule has 5 heteroatoms. The first-order chi connectivity index (χ1) is 7.71. The molecule has 0 aromatic carbocycles. The number of nitrogens with zero attached hydrogens (tertiary/aromatic N) is 2. The molecule has 0 atom stereocenters. The standard InChI is InChI=1S/C11H13N3O2/c1-3-10-13-7-9(14-10)5-8(6-12)11(15)16-4-2/h5,7H,3-4H2,1-2H3,(H,13,14). The number of nitrogens with one attached hydrogen (secondary N) is 1. The zero-order valence-corrected chi connectivity index (χ0v) is 9.28. The normalized spacial score (nSPS) is 10.9. The molecule has 1 N–H and O–H groups in total. The van der Waals surface area contributed by atoms with E-state index in [1.54, 1.807) is 19.2 Å². The third-order valence-electron chi connectivity index (χ3n) is 1.90. The molecular formula is C11H13N3O2. The van der Waals surface area contributed by atoms with Gasteiger partial charge in [-0.1, -0.05) is 6.92 Å². The van der Waals surface area contributed by atoms with Gasteiger partial charge in [0, 0.05) is 6.42 Å². The summed E-state index contributed by atoms with van der Waals surface area (Å²) in [6.45, 7) is 3.90. The van der Waals surface area contributed by atoms with Crippen LogP contribution in [0, 0.1) is 11.3 Å². The first-order valence-corrected chi connectivity index (χ1v) is 5.04. The van der Waals surface area contributed by atoms with Crippen LogP contribution in [0.5, 0.6) is 0 Å². The minimum absolute atomic E-state index is 0.0341. The van der Waals surface area contributed by atoms with Crippen molar-refractivity contribution in [1.29, 1.82) is 5.26 Å². The van der Waals surface area contributed by atoms with Crippen LogP contribution >= 0.6 is 0 Å². The fourth-order valence-electron chi connectivity index (χ4n) is 1.13. The monoisotopic (exact) mass is 219 g/mol.